The maximum Gasteiger partial charge on any atom is 0.280 e. The van der Waals surface area contributed by atoms with Crippen molar-refractivity contribution in [1.29, 1.82) is 0 Å². The van der Waals surface area contributed by atoms with Gasteiger partial charge in [0.05, 0.1) is 31.2 Å². The lowest BCUT2D eigenvalue weighted by atomic mass is 10.1. The second-order valence-electron chi connectivity index (χ2n) is 7.39. The van der Waals surface area contributed by atoms with E-state index in [-0.39, 0.29) is 5.56 Å². The molecule has 3 heterocycles. The van der Waals surface area contributed by atoms with E-state index in [9.17, 15) is 13.6 Å². The summed E-state index contributed by atoms with van der Waals surface area (Å²) in [6.45, 7) is 0.511. The number of rotatable bonds is 5. The number of fused-ring (bicyclic) bond motifs is 2. The Morgan fingerprint density at radius 1 is 1.03 bits per heavy atom. The van der Waals surface area contributed by atoms with Crippen LogP contribution in [0.4, 0.5) is 8.78 Å². The summed E-state index contributed by atoms with van der Waals surface area (Å²) in [5.41, 5.74) is 4.90. The summed E-state index contributed by atoms with van der Waals surface area (Å²) in [5, 5.41) is 1.02. The second-order valence-corrected chi connectivity index (χ2v) is 7.39. The number of nitrogens with one attached hydrogen (secondary N) is 1. The van der Waals surface area contributed by atoms with Crippen LogP contribution in [0.25, 0.3) is 33.3 Å². The standard InChI is InChI=1S/C24H17F2N5O2/c1-33-30-24(32)22-17(25)10-16(11-18(22)26)20-6-7-21-23(29-20)31(13-28-21)12-14-4-5-19-15(9-14)3-2-8-27-19/h2-11,13H,12H2,1H3,(H,30,32). The van der Waals surface area contributed by atoms with E-state index in [0.29, 0.717) is 23.4 Å². The van der Waals surface area contributed by atoms with E-state index in [0.717, 1.165) is 28.6 Å². The van der Waals surface area contributed by atoms with Crippen molar-refractivity contribution in [2.45, 2.75) is 6.54 Å². The van der Waals surface area contributed by atoms with Gasteiger partial charge in [-0.15, -0.1) is 0 Å². The largest absolute Gasteiger partial charge is 0.311 e. The van der Waals surface area contributed by atoms with Crippen LogP contribution in [0.1, 0.15) is 15.9 Å². The molecule has 9 heteroatoms. The number of halogens is 2. The molecule has 0 bridgehead atoms. The lowest BCUT2D eigenvalue weighted by molar-refractivity contribution is 0.0529. The van der Waals surface area contributed by atoms with Crippen LogP contribution in [0.15, 0.2) is 67.1 Å². The Bertz CT molecular complexity index is 1490. The fraction of sp³-hybridized carbons (Fsp3) is 0.0833. The molecule has 0 atom stereocenters. The molecule has 164 valence electrons. The van der Waals surface area contributed by atoms with Gasteiger partial charge in [-0.25, -0.2) is 24.2 Å². The third kappa shape index (κ3) is 3.90. The summed E-state index contributed by atoms with van der Waals surface area (Å²) in [6.07, 6.45) is 3.42. The van der Waals surface area contributed by atoms with Gasteiger partial charge in [0.1, 0.15) is 22.7 Å². The van der Waals surface area contributed by atoms with Crippen LogP contribution in [0.3, 0.4) is 0 Å². The highest BCUT2D eigenvalue weighted by atomic mass is 19.1. The molecule has 5 rings (SSSR count). The number of carbonyl (C=O) groups excluding carboxylic acids is 1. The van der Waals surface area contributed by atoms with Crippen molar-refractivity contribution in [1.82, 2.24) is 25.0 Å². The van der Waals surface area contributed by atoms with Gasteiger partial charge in [-0.2, -0.15) is 0 Å². The fourth-order valence-electron chi connectivity index (χ4n) is 3.72. The van der Waals surface area contributed by atoms with E-state index < -0.39 is 23.1 Å². The van der Waals surface area contributed by atoms with Crippen molar-refractivity contribution < 1.29 is 18.4 Å². The van der Waals surface area contributed by atoms with Crippen LogP contribution in [0.5, 0.6) is 0 Å². The molecule has 1 N–H and O–H groups in total. The lowest BCUT2D eigenvalue weighted by Gasteiger charge is -2.09. The van der Waals surface area contributed by atoms with Crippen LogP contribution in [0.2, 0.25) is 0 Å². The van der Waals surface area contributed by atoms with Crippen LogP contribution in [-0.4, -0.2) is 32.5 Å². The first-order chi connectivity index (χ1) is 16.0. The molecule has 7 nitrogen and oxygen atoms in total. The highest BCUT2D eigenvalue weighted by Crippen LogP contribution is 2.25. The minimum absolute atomic E-state index is 0.199. The monoisotopic (exact) mass is 445 g/mol. The van der Waals surface area contributed by atoms with Crippen LogP contribution in [-0.2, 0) is 11.4 Å². The molecular weight excluding hydrogens is 428 g/mol. The number of nitrogens with zero attached hydrogens (tertiary/aromatic N) is 4. The molecule has 0 aliphatic carbocycles. The summed E-state index contributed by atoms with van der Waals surface area (Å²) in [5.74, 6) is -3.04. The maximum atomic E-state index is 14.5. The smallest absolute Gasteiger partial charge is 0.280 e. The van der Waals surface area contributed by atoms with Crippen LogP contribution in [0, 0.1) is 11.6 Å². The summed E-state index contributed by atoms with van der Waals surface area (Å²) >= 11 is 0. The molecule has 0 saturated heterocycles. The summed E-state index contributed by atoms with van der Waals surface area (Å²) < 4.78 is 30.9. The summed E-state index contributed by atoms with van der Waals surface area (Å²) in [6, 6.07) is 15.4. The van der Waals surface area contributed by atoms with Gasteiger partial charge in [0.2, 0.25) is 0 Å². The lowest BCUT2D eigenvalue weighted by Crippen LogP contribution is -2.24. The zero-order valence-electron chi connectivity index (χ0n) is 17.4. The van der Waals surface area contributed by atoms with Crippen LogP contribution < -0.4 is 5.48 Å². The van der Waals surface area contributed by atoms with E-state index in [4.69, 9.17) is 0 Å². The molecule has 0 spiro atoms. The Morgan fingerprint density at radius 3 is 2.61 bits per heavy atom. The van der Waals surface area contributed by atoms with Crippen molar-refractivity contribution in [3.8, 4) is 11.3 Å². The molecule has 5 aromatic rings. The quantitative estimate of drug-likeness (QED) is 0.409. The molecule has 0 radical (unpaired) electrons. The van der Waals surface area contributed by atoms with Gasteiger partial charge < -0.3 is 4.57 Å². The first-order valence-corrected chi connectivity index (χ1v) is 10.0. The van der Waals surface area contributed by atoms with Gasteiger partial charge in [-0.05, 0) is 48.0 Å². The second kappa shape index (κ2) is 8.36. The molecule has 0 fully saturated rings. The fourth-order valence-corrected chi connectivity index (χ4v) is 3.72. The van der Waals surface area contributed by atoms with E-state index in [1.54, 1.807) is 24.7 Å². The molecule has 33 heavy (non-hydrogen) atoms. The number of imidazole rings is 1. The van der Waals surface area contributed by atoms with Gasteiger partial charge >= 0.3 is 0 Å². The first-order valence-electron chi connectivity index (χ1n) is 10.0. The van der Waals surface area contributed by atoms with Crippen molar-refractivity contribution in [3.05, 3.63) is 89.9 Å². The number of aromatic nitrogens is 4. The zero-order valence-corrected chi connectivity index (χ0v) is 17.4. The predicted molar refractivity (Wildman–Crippen MR) is 118 cm³/mol. The van der Waals surface area contributed by atoms with Crippen molar-refractivity contribution >= 4 is 28.0 Å². The molecule has 0 unspecified atom stereocenters. The molecular formula is C24H17F2N5O2. The Morgan fingerprint density at radius 2 is 1.82 bits per heavy atom. The van der Waals surface area contributed by atoms with Gasteiger partial charge in [0, 0.05) is 17.1 Å². The molecule has 3 aromatic heterocycles. The molecule has 0 saturated carbocycles. The maximum absolute atomic E-state index is 14.5. The van der Waals surface area contributed by atoms with Gasteiger partial charge in [-0.1, -0.05) is 12.1 Å². The Hall–Kier alpha value is -4.24. The highest BCUT2D eigenvalue weighted by molar-refractivity contribution is 5.94. The van der Waals surface area contributed by atoms with E-state index in [1.807, 2.05) is 40.4 Å². The number of benzene rings is 2. The number of hydrogen-bond acceptors (Lipinski definition) is 5. The van der Waals surface area contributed by atoms with Crippen molar-refractivity contribution in [3.63, 3.8) is 0 Å². The molecule has 2 aromatic carbocycles. The topological polar surface area (TPSA) is 81.9 Å². The number of amides is 1. The highest BCUT2D eigenvalue weighted by Gasteiger charge is 2.20. The van der Waals surface area contributed by atoms with Crippen LogP contribution >= 0.6 is 0 Å². The summed E-state index contributed by atoms with van der Waals surface area (Å²) in [4.78, 5) is 29.6. The normalized spacial score (nSPS) is 11.2. The zero-order chi connectivity index (χ0) is 22.9. The van der Waals surface area contributed by atoms with E-state index in [1.165, 1.54) is 7.11 Å². The number of hydrogen-bond donors (Lipinski definition) is 1. The predicted octanol–water partition coefficient (Wildman–Crippen LogP) is 4.26. The van der Waals surface area contributed by atoms with Gasteiger partial charge in [0.15, 0.2) is 5.65 Å². The molecule has 1 amide bonds. The SMILES string of the molecule is CONC(=O)c1c(F)cc(-c2ccc3ncn(Cc4ccc5ncccc5c4)c3n2)cc1F. The molecule has 0 aliphatic rings. The molecule has 0 aliphatic heterocycles. The third-order valence-electron chi connectivity index (χ3n) is 5.24. The Balaban J connectivity index is 1.51. The Kier molecular flexibility index (Phi) is 5.23. The summed E-state index contributed by atoms with van der Waals surface area (Å²) in [7, 11) is 1.18. The van der Waals surface area contributed by atoms with Crippen molar-refractivity contribution in [2.24, 2.45) is 0 Å². The van der Waals surface area contributed by atoms with Gasteiger partial charge in [0.25, 0.3) is 5.91 Å². The van der Waals surface area contributed by atoms with Gasteiger partial charge in [-0.3, -0.25) is 14.6 Å². The average Bonchev–Trinajstić information content (AvgIpc) is 3.20. The minimum Gasteiger partial charge on any atom is -0.311 e. The number of carbonyl (C=O) groups is 1. The van der Waals surface area contributed by atoms with Crippen molar-refractivity contribution in [2.75, 3.05) is 7.11 Å². The average molecular weight is 445 g/mol. The Labute approximate surface area is 186 Å². The van der Waals surface area contributed by atoms with E-state index >= 15 is 0 Å². The minimum atomic E-state index is -1.01. The number of pyridine rings is 2. The number of hydroxylamine groups is 1. The van der Waals surface area contributed by atoms with E-state index in [2.05, 4.69) is 19.8 Å². The third-order valence-corrected chi connectivity index (χ3v) is 5.24. The first kappa shape index (κ1) is 20.7.